The average molecular weight is 892 g/mol. The van der Waals surface area contributed by atoms with E-state index in [1.807, 2.05) is 0 Å². The molecule has 0 aromatic rings. The second-order valence-electron chi connectivity index (χ2n) is 14.5. The average Bonchev–Trinajstić information content (AvgIpc) is 3.25. The highest BCUT2D eigenvalue weighted by molar-refractivity contribution is 5.82. The van der Waals surface area contributed by atoms with E-state index in [1.165, 1.54) is 11.8 Å². The molecule has 1 amide bonds. The van der Waals surface area contributed by atoms with Gasteiger partial charge in [0.05, 0.1) is 126 Å². The number of nitrogens with zero attached hydrogens (tertiary/aromatic N) is 1. The van der Waals surface area contributed by atoms with Crippen molar-refractivity contribution in [2.45, 2.75) is 86.3 Å². The first-order chi connectivity index (χ1) is 29.4. The van der Waals surface area contributed by atoms with E-state index in [-0.39, 0.29) is 45.5 Å². The number of amides is 1. The van der Waals surface area contributed by atoms with Crippen molar-refractivity contribution >= 4 is 5.91 Å². The molecule has 3 rings (SSSR count). The van der Waals surface area contributed by atoms with Crippen molar-refractivity contribution in [2.75, 3.05) is 140 Å². The highest BCUT2D eigenvalue weighted by atomic mass is 16.8. The lowest BCUT2D eigenvalue weighted by molar-refractivity contribution is -0.364. The maximum Gasteiger partial charge on any atom is 0.282 e. The van der Waals surface area contributed by atoms with Crippen LogP contribution in [-0.2, 0) is 71.1 Å². The molecule has 0 saturated carbocycles. The molecule has 0 aromatic heterocycles. The lowest BCUT2D eigenvalue weighted by atomic mass is 9.97. The Morgan fingerprint density at radius 1 is 0.672 bits per heavy atom. The van der Waals surface area contributed by atoms with Crippen LogP contribution in [0.5, 0.6) is 0 Å². The quantitative estimate of drug-likeness (QED) is 0.0248. The fourth-order valence-electron chi connectivity index (χ4n) is 6.05. The van der Waals surface area contributed by atoms with Crippen LogP contribution in [0.15, 0.2) is 12.7 Å². The van der Waals surface area contributed by atoms with Gasteiger partial charge in [0.2, 0.25) is 5.79 Å². The van der Waals surface area contributed by atoms with E-state index in [2.05, 4.69) is 6.58 Å². The van der Waals surface area contributed by atoms with Crippen LogP contribution in [0.3, 0.4) is 0 Å². The zero-order chi connectivity index (χ0) is 44.6. The predicted octanol–water partition coefficient (Wildman–Crippen LogP) is -4.47. The van der Waals surface area contributed by atoms with E-state index in [0.29, 0.717) is 72.7 Å². The summed E-state index contributed by atoms with van der Waals surface area (Å²) < 4.78 is 78.5. The van der Waals surface area contributed by atoms with Gasteiger partial charge in [-0.05, 0) is 6.92 Å². The van der Waals surface area contributed by atoms with Crippen LogP contribution in [0.4, 0.5) is 0 Å². The van der Waals surface area contributed by atoms with Crippen LogP contribution in [-0.4, -0.2) is 266 Å². The number of likely N-dealkylation sites (N-methyl/N-ethyl adjacent to an activating group) is 1. The molecule has 0 bridgehead atoms. The van der Waals surface area contributed by atoms with Crippen LogP contribution in [0.25, 0.3) is 0 Å². The molecule has 61 heavy (non-hydrogen) atoms. The van der Waals surface area contributed by atoms with E-state index < -0.39 is 92.6 Å². The van der Waals surface area contributed by atoms with Gasteiger partial charge in [-0.25, -0.2) is 0 Å². The van der Waals surface area contributed by atoms with Crippen LogP contribution < -0.4 is 0 Å². The molecule has 0 radical (unpaired) electrons. The molecule has 7 N–H and O–H groups in total. The molecular formula is C38H69NO22. The standard InChI is InChI=1S/C38H69NO22/c1-5-6-48-7-8-49-9-10-50-11-12-51-13-14-52-15-16-53-17-18-54-21-26(22-55-25-23-56-38(2,57-24-25)37(47)39(3)4)58-35-33(46)31(44)34(28(20-41)60-35)61-36-32(45)30(43)29(42)27(19-40)59-36/h5,25-36,40-46H,1,6-24H2,2-4H3/t25?,26?,27?,28-,29-,30-,31?,32?,33?,34+,35+,36-,38?/m0/s1. The van der Waals surface area contributed by atoms with Crippen LogP contribution in [0, 0.1) is 0 Å². The third-order valence-corrected chi connectivity index (χ3v) is 9.46. The van der Waals surface area contributed by atoms with Gasteiger partial charge < -0.3 is 107 Å². The van der Waals surface area contributed by atoms with Gasteiger partial charge in [-0.2, -0.15) is 0 Å². The van der Waals surface area contributed by atoms with E-state index in [0.717, 1.165) is 0 Å². The van der Waals surface area contributed by atoms with Crippen molar-refractivity contribution in [3.8, 4) is 0 Å². The summed E-state index contributed by atoms with van der Waals surface area (Å²) in [5.74, 6) is -1.87. The van der Waals surface area contributed by atoms with E-state index in [4.69, 9.17) is 66.3 Å². The summed E-state index contributed by atoms with van der Waals surface area (Å²) in [4.78, 5) is 13.9. The summed E-state index contributed by atoms with van der Waals surface area (Å²) in [5.41, 5.74) is 0. The largest absolute Gasteiger partial charge is 0.394 e. The Balaban J connectivity index is 1.41. The highest BCUT2D eigenvalue weighted by Gasteiger charge is 2.51. The Labute approximate surface area is 356 Å². The van der Waals surface area contributed by atoms with Gasteiger partial charge in [0, 0.05) is 14.1 Å². The SMILES string of the molecule is C=CCOCCOCCOCCOCCOCCOCCOCC(COC1COC(C)(C(=O)N(C)C)OC1)O[C@@H]1O[C@@H](CO)[C@@H](O[C@@H]2OC(CO)[C@H](O)[C@H](O)C2O)C(O)C1O. The molecule has 5 unspecified atom stereocenters. The molecule has 0 spiro atoms. The molecule has 3 fully saturated rings. The summed E-state index contributed by atoms with van der Waals surface area (Å²) in [5, 5.41) is 72.5. The molecular weight excluding hydrogens is 822 g/mol. The van der Waals surface area contributed by atoms with Gasteiger partial charge in [0.25, 0.3) is 5.91 Å². The normalized spacial score (nSPS) is 32.5. The Morgan fingerprint density at radius 2 is 1.15 bits per heavy atom. The minimum atomic E-state index is -1.82. The van der Waals surface area contributed by atoms with Crippen molar-refractivity contribution in [3.63, 3.8) is 0 Å². The summed E-state index contributed by atoms with van der Waals surface area (Å²) in [6, 6.07) is 0. The number of aliphatic hydroxyl groups excluding tert-OH is 7. The van der Waals surface area contributed by atoms with Gasteiger partial charge in [-0.1, -0.05) is 6.08 Å². The van der Waals surface area contributed by atoms with Gasteiger partial charge in [-0.3, -0.25) is 4.79 Å². The van der Waals surface area contributed by atoms with E-state index in [1.54, 1.807) is 20.2 Å². The summed E-state index contributed by atoms with van der Waals surface area (Å²) in [7, 11) is 3.16. The number of carbonyl (C=O) groups excluding carboxylic acids is 1. The van der Waals surface area contributed by atoms with Crippen LogP contribution in [0.1, 0.15) is 6.92 Å². The van der Waals surface area contributed by atoms with Gasteiger partial charge in [0.15, 0.2) is 12.6 Å². The van der Waals surface area contributed by atoms with Crippen molar-refractivity contribution in [3.05, 3.63) is 12.7 Å². The summed E-state index contributed by atoms with van der Waals surface area (Å²) in [6.07, 6.45) is -16.1. The predicted molar refractivity (Wildman–Crippen MR) is 206 cm³/mol. The number of carbonyl (C=O) groups is 1. The maximum absolute atomic E-state index is 12.5. The monoisotopic (exact) mass is 891 g/mol. The number of aliphatic hydroxyl groups is 7. The zero-order valence-electron chi connectivity index (χ0n) is 35.3. The third-order valence-electron chi connectivity index (χ3n) is 9.46. The molecule has 23 nitrogen and oxygen atoms in total. The Morgan fingerprint density at radius 3 is 1.64 bits per heavy atom. The smallest absolute Gasteiger partial charge is 0.282 e. The van der Waals surface area contributed by atoms with Crippen molar-refractivity contribution < 1.29 is 107 Å². The van der Waals surface area contributed by atoms with Gasteiger partial charge in [0.1, 0.15) is 61.0 Å². The number of rotatable bonds is 32. The molecule has 3 aliphatic rings. The summed E-state index contributed by atoms with van der Waals surface area (Å²) in [6.45, 7) is 8.34. The third kappa shape index (κ3) is 18.4. The molecule has 3 saturated heterocycles. The second kappa shape index (κ2) is 29.7. The van der Waals surface area contributed by atoms with E-state index in [9.17, 15) is 40.5 Å². The first kappa shape index (κ1) is 53.7. The first-order valence-corrected chi connectivity index (χ1v) is 20.4. The molecule has 23 heteroatoms. The molecule has 3 aliphatic heterocycles. The minimum Gasteiger partial charge on any atom is -0.394 e. The topological polar surface area (TPSA) is 291 Å². The van der Waals surface area contributed by atoms with Crippen LogP contribution in [0.2, 0.25) is 0 Å². The molecule has 0 aromatic carbocycles. The summed E-state index contributed by atoms with van der Waals surface area (Å²) >= 11 is 0. The highest BCUT2D eigenvalue weighted by Crippen LogP contribution is 2.30. The number of ether oxygens (including phenoxy) is 14. The van der Waals surface area contributed by atoms with Crippen molar-refractivity contribution in [1.82, 2.24) is 4.90 Å². The maximum atomic E-state index is 12.5. The number of hydrogen-bond acceptors (Lipinski definition) is 22. The number of hydrogen-bond donors (Lipinski definition) is 7. The Hall–Kier alpha value is -1.63. The molecule has 3 heterocycles. The van der Waals surface area contributed by atoms with Gasteiger partial charge in [-0.15, -0.1) is 6.58 Å². The van der Waals surface area contributed by atoms with Crippen molar-refractivity contribution in [2.24, 2.45) is 0 Å². The molecule has 0 aliphatic carbocycles. The molecule has 11 atom stereocenters. The van der Waals surface area contributed by atoms with Crippen LogP contribution >= 0.6 is 0 Å². The Kier molecular flexibility index (Phi) is 26.2. The Bertz CT molecular complexity index is 1160. The minimum absolute atomic E-state index is 0.00885. The van der Waals surface area contributed by atoms with E-state index >= 15 is 0 Å². The second-order valence-corrected chi connectivity index (χ2v) is 14.5. The molecule has 358 valence electrons. The fourth-order valence-corrected chi connectivity index (χ4v) is 6.05. The first-order valence-electron chi connectivity index (χ1n) is 20.4. The zero-order valence-corrected chi connectivity index (χ0v) is 35.3. The fraction of sp³-hybridized carbons (Fsp3) is 0.921. The van der Waals surface area contributed by atoms with Gasteiger partial charge >= 0.3 is 0 Å². The lowest BCUT2D eigenvalue weighted by Crippen LogP contribution is -2.65. The van der Waals surface area contributed by atoms with Crippen molar-refractivity contribution in [1.29, 1.82) is 0 Å². The lowest BCUT2D eigenvalue weighted by Gasteiger charge is -2.46.